The zero-order valence-corrected chi connectivity index (χ0v) is 14.5. The first-order chi connectivity index (χ1) is 11.5. The van der Waals surface area contributed by atoms with Gasteiger partial charge in [-0.05, 0) is 37.1 Å². The molecule has 0 bridgehead atoms. The summed E-state index contributed by atoms with van der Waals surface area (Å²) in [5.41, 5.74) is 0.538. The highest BCUT2D eigenvalue weighted by atomic mass is 32.2. The number of aromatic nitrogens is 2. The molecule has 126 valence electrons. The van der Waals surface area contributed by atoms with Crippen molar-refractivity contribution in [2.75, 3.05) is 16.0 Å². The lowest BCUT2D eigenvalue weighted by Gasteiger charge is -2.15. The molecule has 1 aliphatic rings. The van der Waals surface area contributed by atoms with Crippen LogP contribution in [-0.2, 0) is 9.59 Å². The summed E-state index contributed by atoms with van der Waals surface area (Å²) in [4.78, 5) is 25.3. The van der Waals surface area contributed by atoms with Crippen molar-refractivity contribution < 1.29 is 14.0 Å². The molecule has 9 heteroatoms. The van der Waals surface area contributed by atoms with E-state index in [-0.39, 0.29) is 29.4 Å². The van der Waals surface area contributed by atoms with Gasteiger partial charge < -0.3 is 5.32 Å². The van der Waals surface area contributed by atoms with Gasteiger partial charge in [-0.3, -0.25) is 14.5 Å². The highest BCUT2D eigenvalue weighted by Crippen LogP contribution is 2.35. The van der Waals surface area contributed by atoms with Gasteiger partial charge in [-0.1, -0.05) is 23.1 Å². The average molecular weight is 366 g/mol. The summed E-state index contributed by atoms with van der Waals surface area (Å²) in [6.07, 6.45) is 1.98. The molecule has 0 saturated heterocycles. The Bertz CT molecular complexity index is 746. The molecule has 1 N–H and O–H groups in total. The van der Waals surface area contributed by atoms with E-state index in [4.69, 9.17) is 0 Å². The Morgan fingerprint density at radius 1 is 1.33 bits per heavy atom. The van der Waals surface area contributed by atoms with Crippen molar-refractivity contribution in [3.63, 3.8) is 0 Å². The van der Waals surface area contributed by atoms with Crippen LogP contribution >= 0.6 is 23.1 Å². The molecule has 1 aromatic heterocycles. The van der Waals surface area contributed by atoms with Crippen LogP contribution in [-0.4, -0.2) is 33.8 Å². The van der Waals surface area contributed by atoms with E-state index >= 15 is 0 Å². The number of benzene rings is 1. The number of hydrogen-bond acceptors (Lipinski definition) is 6. The number of amides is 2. The third kappa shape index (κ3) is 4.30. The Morgan fingerprint density at radius 3 is 2.67 bits per heavy atom. The quantitative estimate of drug-likeness (QED) is 0.628. The maximum atomic E-state index is 12.8. The second-order valence-corrected chi connectivity index (χ2v) is 7.49. The Hall–Kier alpha value is -2.00. The SMILES string of the molecule is CC(=O)N(c1nnc(SCC(=O)Nc2ccc(F)cc2)s1)C1CC1. The highest BCUT2D eigenvalue weighted by molar-refractivity contribution is 8.01. The molecule has 1 aliphatic carbocycles. The molecule has 1 saturated carbocycles. The molecule has 1 aromatic carbocycles. The lowest BCUT2D eigenvalue weighted by atomic mass is 10.3. The molecule has 2 aromatic rings. The van der Waals surface area contributed by atoms with Crippen LogP contribution in [0.25, 0.3) is 0 Å². The minimum atomic E-state index is -0.352. The fourth-order valence-electron chi connectivity index (χ4n) is 2.10. The number of rotatable bonds is 6. The smallest absolute Gasteiger partial charge is 0.234 e. The zero-order chi connectivity index (χ0) is 17.1. The van der Waals surface area contributed by atoms with Crippen LogP contribution in [0.2, 0.25) is 0 Å². The monoisotopic (exact) mass is 366 g/mol. The van der Waals surface area contributed by atoms with Crippen LogP contribution in [0.4, 0.5) is 15.2 Å². The summed E-state index contributed by atoms with van der Waals surface area (Å²) in [5.74, 6) is -0.446. The molecular weight excluding hydrogens is 351 g/mol. The van der Waals surface area contributed by atoms with Gasteiger partial charge in [0.15, 0.2) is 4.34 Å². The van der Waals surface area contributed by atoms with Crippen molar-refractivity contribution in [2.24, 2.45) is 0 Å². The number of hydrogen-bond donors (Lipinski definition) is 1. The summed E-state index contributed by atoms with van der Waals surface area (Å²) >= 11 is 2.56. The topological polar surface area (TPSA) is 75.2 Å². The highest BCUT2D eigenvalue weighted by Gasteiger charge is 2.34. The fraction of sp³-hybridized carbons (Fsp3) is 0.333. The van der Waals surface area contributed by atoms with Crippen LogP contribution in [0.5, 0.6) is 0 Å². The van der Waals surface area contributed by atoms with E-state index in [2.05, 4.69) is 15.5 Å². The van der Waals surface area contributed by atoms with Crippen molar-refractivity contribution in [2.45, 2.75) is 30.1 Å². The van der Waals surface area contributed by atoms with Gasteiger partial charge in [-0.2, -0.15) is 0 Å². The van der Waals surface area contributed by atoms with Crippen molar-refractivity contribution in [3.8, 4) is 0 Å². The number of carbonyl (C=O) groups excluding carboxylic acids is 2. The first-order valence-corrected chi connectivity index (χ1v) is 9.14. The predicted molar refractivity (Wildman–Crippen MR) is 91.8 cm³/mol. The van der Waals surface area contributed by atoms with E-state index in [0.717, 1.165) is 12.8 Å². The molecule has 0 spiro atoms. The van der Waals surface area contributed by atoms with Gasteiger partial charge in [0.1, 0.15) is 5.82 Å². The summed E-state index contributed by atoms with van der Waals surface area (Å²) in [6.45, 7) is 1.52. The third-order valence-corrected chi connectivity index (χ3v) is 5.36. The molecule has 6 nitrogen and oxygen atoms in total. The third-order valence-electron chi connectivity index (χ3n) is 3.31. The number of thioether (sulfide) groups is 1. The lowest BCUT2D eigenvalue weighted by molar-refractivity contribution is -0.116. The Morgan fingerprint density at radius 2 is 2.04 bits per heavy atom. The molecule has 3 rings (SSSR count). The summed E-state index contributed by atoms with van der Waals surface area (Å²) < 4.78 is 13.5. The summed E-state index contributed by atoms with van der Waals surface area (Å²) in [6, 6.07) is 5.81. The van der Waals surface area contributed by atoms with Crippen LogP contribution in [0.1, 0.15) is 19.8 Å². The van der Waals surface area contributed by atoms with Crippen molar-refractivity contribution in [3.05, 3.63) is 30.1 Å². The van der Waals surface area contributed by atoms with E-state index in [1.54, 1.807) is 4.90 Å². The van der Waals surface area contributed by atoms with Crippen molar-refractivity contribution in [1.82, 2.24) is 10.2 Å². The van der Waals surface area contributed by atoms with Crippen LogP contribution in [0.15, 0.2) is 28.6 Å². The van der Waals surface area contributed by atoms with Crippen LogP contribution in [0.3, 0.4) is 0 Å². The minimum absolute atomic E-state index is 0.0424. The average Bonchev–Trinajstić information content (AvgIpc) is 3.25. The number of anilines is 2. The van der Waals surface area contributed by atoms with Gasteiger partial charge in [0.05, 0.1) is 5.75 Å². The maximum Gasteiger partial charge on any atom is 0.234 e. The molecule has 0 atom stereocenters. The number of carbonyl (C=O) groups is 2. The number of nitrogens with zero attached hydrogens (tertiary/aromatic N) is 3. The molecule has 1 fully saturated rings. The molecule has 24 heavy (non-hydrogen) atoms. The van der Waals surface area contributed by atoms with Gasteiger partial charge in [0.25, 0.3) is 0 Å². The molecule has 0 unspecified atom stereocenters. The van der Waals surface area contributed by atoms with Gasteiger partial charge in [0.2, 0.25) is 16.9 Å². The van der Waals surface area contributed by atoms with Crippen molar-refractivity contribution >= 4 is 45.7 Å². The number of halogens is 1. The second kappa shape index (κ2) is 7.27. The molecule has 1 heterocycles. The van der Waals surface area contributed by atoms with Gasteiger partial charge in [-0.15, -0.1) is 10.2 Å². The van der Waals surface area contributed by atoms with Crippen LogP contribution < -0.4 is 10.2 Å². The van der Waals surface area contributed by atoms with Gasteiger partial charge in [-0.25, -0.2) is 4.39 Å². The van der Waals surface area contributed by atoms with Gasteiger partial charge in [0, 0.05) is 18.7 Å². The maximum absolute atomic E-state index is 12.8. The Kier molecular flexibility index (Phi) is 5.10. The molecule has 0 radical (unpaired) electrons. The summed E-state index contributed by atoms with van der Waals surface area (Å²) in [7, 11) is 0. The van der Waals surface area contributed by atoms with E-state index in [1.165, 1.54) is 54.3 Å². The normalized spacial score (nSPS) is 13.6. The van der Waals surface area contributed by atoms with E-state index in [1.807, 2.05) is 0 Å². The predicted octanol–water partition coefficient (Wildman–Crippen LogP) is 2.92. The Balaban J connectivity index is 1.54. The van der Waals surface area contributed by atoms with E-state index < -0.39 is 0 Å². The van der Waals surface area contributed by atoms with Crippen molar-refractivity contribution in [1.29, 1.82) is 0 Å². The Labute approximate surface area is 146 Å². The fourth-order valence-corrected chi connectivity index (χ4v) is 3.85. The van der Waals surface area contributed by atoms with Gasteiger partial charge >= 0.3 is 0 Å². The summed E-state index contributed by atoms with van der Waals surface area (Å²) in [5, 5.41) is 11.3. The standard InChI is InChI=1S/C15H15FN4O2S2/c1-9(21)20(12-6-7-12)14-18-19-15(24-14)23-8-13(22)17-11-4-2-10(16)3-5-11/h2-5,12H,6-8H2,1H3,(H,17,22). The minimum Gasteiger partial charge on any atom is -0.325 e. The van der Waals surface area contributed by atoms with Crippen LogP contribution in [0, 0.1) is 5.82 Å². The first-order valence-electron chi connectivity index (χ1n) is 7.34. The largest absolute Gasteiger partial charge is 0.325 e. The lowest BCUT2D eigenvalue weighted by Crippen LogP contribution is -2.30. The molecule has 0 aliphatic heterocycles. The second-order valence-electron chi connectivity index (χ2n) is 5.31. The first kappa shape index (κ1) is 16.8. The van der Waals surface area contributed by atoms with E-state index in [0.29, 0.717) is 15.2 Å². The zero-order valence-electron chi connectivity index (χ0n) is 12.9. The molecular formula is C15H15FN4O2S2. The van der Waals surface area contributed by atoms with E-state index in [9.17, 15) is 14.0 Å². The molecule has 2 amide bonds. The number of nitrogens with one attached hydrogen (secondary N) is 1.